The van der Waals surface area contributed by atoms with E-state index in [9.17, 15) is 13.7 Å². The van der Waals surface area contributed by atoms with Gasteiger partial charge in [-0.25, -0.2) is 0 Å². The SMILES string of the molecule is COP(C)(=O)OC.COP(C)(C)=O.COP(C)C.COP(C)OC.CP(C)(C)=O.CP(C)C. The standard InChI is InChI=1S/C3H9O3P.2C3H9O2P.2C3H9OP.C3H9P/c1-5-7(3,4)6-2;1-5-6(2,3)4;1-4-6(3)5-2;1-5(2,3)4;1-4-5(2)3;1-4(2)3/h1-3H3;2*1-3H3;2*1-3H3;1-3H3. The van der Waals surface area contributed by atoms with Gasteiger partial charge in [-0.15, -0.1) is 7.92 Å². The normalized spacial score (nSPS) is 10.8. The molecule has 0 aromatic heterocycles. The maximum absolute atomic E-state index is 10.5. The molecule has 0 saturated heterocycles. The monoisotopic (exact) mass is 600 g/mol. The van der Waals surface area contributed by atoms with Crippen molar-refractivity contribution >= 4 is 46.6 Å². The average molecular weight is 600 g/mol. The predicted octanol–water partition coefficient (Wildman–Crippen LogP) is 7.38. The average Bonchev–Trinajstić information content (AvgIpc) is 2.66. The second-order valence-corrected chi connectivity index (χ2v) is 22.8. The summed E-state index contributed by atoms with van der Waals surface area (Å²) in [5, 5.41) is 0. The van der Waals surface area contributed by atoms with E-state index in [0.717, 1.165) is 0 Å². The summed E-state index contributed by atoms with van der Waals surface area (Å²) >= 11 is 0. The Morgan fingerprint density at radius 3 is 0.697 bits per heavy atom. The van der Waals surface area contributed by atoms with Crippen molar-refractivity contribution in [1.82, 2.24) is 0 Å². The van der Waals surface area contributed by atoms with Crippen molar-refractivity contribution in [2.45, 2.75) is 0 Å². The van der Waals surface area contributed by atoms with Crippen LogP contribution in [0.1, 0.15) is 0 Å². The maximum atomic E-state index is 10.5. The fraction of sp³-hybridized carbons (Fsp3) is 1.00. The highest BCUT2D eigenvalue weighted by Gasteiger charge is 2.08. The van der Waals surface area contributed by atoms with E-state index in [-0.39, 0.29) is 8.15 Å². The summed E-state index contributed by atoms with van der Waals surface area (Å²) in [6, 6.07) is 0. The lowest BCUT2D eigenvalue weighted by molar-refractivity contribution is 0.282. The molecule has 0 amide bonds. The molecule has 0 spiro atoms. The van der Waals surface area contributed by atoms with E-state index in [1.165, 1.54) is 28.0 Å². The van der Waals surface area contributed by atoms with Gasteiger partial charge in [-0.2, -0.15) is 0 Å². The zero-order valence-corrected chi connectivity index (χ0v) is 29.7. The predicted molar refractivity (Wildman–Crippen MR) is 157 cm³/mol. The van der Waals surface area contributed by atoms with Gasteiger partial charge in [0.05, 0.1) is 7.14 Å². The largest absolute Gasteiger partial charge is 0.363 e. The Balaban J connectivity index is -0.0000000668. The third-order valence-corrected chi connectivity index (χ3v) is 5.95. The van der Waals surface area contributed by atoms with E-state index in [1.807, 2.05) is 6.66 Å². The van der Waals surface area contributed by atoms with Crippen LogP contribution in [0.5, 0.6) is 0 Å². The number of hydrogen-bond acceptors (Lipinski definition) is 9. The first-order chi connectivity index (χ1) is 14.5. The van der Waals surface area contributed by atoms with Gasteiger partial charge >= 0.3 is 7.60 Å². The van der Waals surface area contributed by atoms with Gasteiger partial charge in [0.1, 0.15) is 0 Å². The first-order valence-corrected chi connectivity index (χ1v) is 23.5. The molecule has 0 N–H and O–H groups in total. The molecule has 0 bridgehead atoms. The Labute approximate surface area is 210 Å². The first-order valence-electron chi connectivity index (χ1n) is 9.46. The van der Waals surface area contributed by atoms with Crippen LogP contribution in [-0.4, -0.2) is 123 Å². The van der Waals surface area contributed by atoms with Crippen LogP contribution >= 0.6 is 46.6 Å². The number of hydrogen-bond donors (Lipinski definition) is 0. The molecule has 0 heterocycles. The van der Waals surface area contributed by atoms with E-state index >= 15 is 0 Å². The van der Waals surface area contributed by atoms with Crippen LogP contribution < -0.4 is 0 Å². The lowest BCUT2D eigenvalue weighted by atomic mass is 11.8. The molecule has 0 aromatic carbocycles. The molecule has 0 fully saturated rings. The topological polar surface area (TPSA) is 107 Å². The Morgan fingerprint density at radius 1 is 0.515 bits per heavy atom. The smallest absolute Gasteiger partial charge is 0.327 e. The lowest BCUT2D eigenvalue weighted by Gasteiger charge is -2.04. The molecule has 15 heteroatoms. The summed E-state index contributed by atoms with van der Waals surface area (Å²) in [4.78, 5) is 0. The van der Waals surface area contributed by atoms with Gasteiger partial charge in [0.25, 0.3) is 0 Å². The van der Waals surface area contributed by atoms with Gasteiger partial charge in [-0.3, -0.25) is 9.13 Å². The molecule has 0 aliphatic heterocycles. The lowest BCUT2D eigenvalue weighted by Crippen LogP contribution is -1.82. The number of rotatable bonds is 6. The van der Waals surface area contributed by atoms with E-state index in [4.69, 9.17) is 13.6 Å². The van der Waals surface area contributed by atoms with Crippen LogP contribution in [-0.2, 0) is 40.8 Å². The molecule has 33 heavy (non-hydrogen) atoms. The van der Waals surface area contributed by atoms with Crippen molar-refractivity contribution in [3.8, 4) is 0 Å². The van der Waals surface area contributed by atoms with E-state index in [2.05, 4.69) is 46.9 Å². The van der Waals surface area contributed by atoms with Crippen LogP contribution in [0, 0.1) is 0 Å². The van der Waals surface area contributed by atoms with Gasteiger partial charge in [0, 0.05) is 77.5 Å². The van der Waals surface area contributed by atoms with Crippen molar-refractivity contribution in [2.24, 2.45) is 0 Å². The van der Waals surface area contributed by atoms with Crippen LogP contribution in [0.2, 0.25) is 0 Å². The minimum Gasteiger partial charge on any atom is -0.363 e. The molecule has 0 atom stereocenters. The highest BCUT2D eigenvalue weighted by atomic mass is 31.2. The van der Waals surface area contributed by atoms with Crippen LogP contribution in [0.15, 0.2) is 0 Å². The molecule has 0 saturated carbocycles. The molecule has 0 aliphatic rings. The zero-order chi connectivity index (χ0) is 28.5. The highest BCUT2D eigenvalue weighted by molar-refractivity contribution is 7.61. The van der Waals surface area contributed by atoms with E-state index in [1.54, 1.807) is 54.7 Å². The Morgan fingerprint density at radius 2 is 0.697 bits per heavy atom. The maximum Gasteiger partial charge on any atom is 0.327 e. The van der Waals surface area contributed by atoms with E-state index < -0.39 is 30.5 Å². The second kappa shape index (κ2) is 30.0. The molecule has 0 aliphatic carbocycles. The molecule has 0 rings (SSSR count). The molecular formula is C18H54O9P6. The summed E-state index contributed by atoms with van der Waals surface area (Å²) in [6.45, 7) is 22.5. The first kappa shape index (κ1) is 47.9. The molecule has 0 aromatic rings. The Kier molecular flexibility index (Phi) is 43.5. The Hall–Kier alpha value is 1.74. The van der Waals surface area contributed by atoms with Crippen molar-refractivity contribution < 1.29 is 40.8 Å². The molecule has 0 unspecified atom stereocenters. The fourth-order valence-electron chi connectivity index (χ4n) is 0.149. The van der Waals surface area contributed by atoms with Crippen LogP contribution in [0.25, 0.3) is 0 Å². The molecule has 210 valence electrons. The minimum atomic E-state index is -2.65. The zero-order valence-electron chi connectivity index (χ0n) is 24.4. The van der Waals surface area contributed by atoms with Gasteiger partial charge in [-0.1, -0.05) is 0 Å². The third kappa shape index (κ3) is 121. The third-order valence-electron chi connectivity index (χ3n) is 1.98. The van der Waals surface area contributed by atoms with Gasteiger partial charge in [0.15, 0.2) is 15.7 Å². The molecule has 9 nitrogen and oxygen atoms in total. The van der Waals surface area contributed by atoms with Crippen molar-refractivity contribution in [3.63, 3.8) is 0 Å². The van der Waals surface area contributed by atoms with Crippen molar-refractivity contribution in [3.05, 3.63) is 0 Å². The van der Waals surface area contributed by atoms with Crippen molar-refractivity contribution in [2.75, 3.05) is 123 Å². The second-order valence-electron chi connectivity index (χ2n) is 7.60. The van der Waals surface area contributed by atoms with E-state index in [0.29, 0.717) is 7.92 Å². The summed E-state index contributed by atoms with van der Waals surface area (Å²) in [5.41, 5.74) is 0. The summed E-state index contributed by atoms with van der Waals surface area (Å²) in [5.74, 6) is 0. The quantitative estimate of drug-likeness (QED) is 0.289. The van der Waals surface area contributed by atoms with Crippen LogP contribution in [0.3, 0.4) is 0 Å². The summed E-state index contributed by atoms with van der Waals surface area (Å²) < 4.78 is 58.7. The van der Waals surface area contributed by atoms with Gasteiger partial charge < -0.3 is 31.7 Å². The van der Waals surface area contributed by atoms with Gasteiger partial charge in [0.2, 0.25) is 0 Å². The van der Waals surface area contributed by atoms with Crippen molar-refractivity contribution in [1.29, 1.82) is 0 Å². The Bertz CT molecular complexity index is 485. The summed E-state index contributed by atoms with van der Waals surface area (Å²) in [7, 11) is 2.41. The minimum absolute atomic E-state index is 0.0983. The fourth-order valence-corrected chi connectivity index (χ4v) is 0.447. The highest BCUT2D eigenvalue weighted by Crippen LogP contribution is 2.41. The molecule has 0 radical (unpaired) electrons. The van der Waals surface area contributed by atoms with Crippen LogP contribution in [0.4, 0.5) is 0 Å². The van der Waals surface area contributed by atoms with Gasteiger partial charge in [-0.05, 0) is 53.3 Å². The molecular weight excluding hydrogens is 546 g/mol. The summed E-state index contributed by atoms with van der Waals surface area (Å²) in [6.07, 6.45) is 0.